The monoisotopic (exact) mass is 216 g/mol. The second-order valence-corrected chi connectivity index (χ2v) is 3.19. The second kappa shape index (κ2) is 4.07. The van der Waals surface area contributed by atoms with Gasteiger partial charge in [0, 0.05) is 17.0 Å². The maximum Gasteiger partial charge on any atom is 0.384 e. The molecule has 0 spiro atoms. The summed E-state index contributed by atoms with van der Waals surface area (Å²) < 4.78 is 9.24. The Morgan fingerprint density at radius 1 is 1.50 bits per heavy atom. The van der Waals surface area contributed by atoms with Gasteiger partial charge < -0.3 is 9.47 Å². The van der Waals surface area contributed by atoms with Crippen LogP contribution in [0, 0.1) is 11.8 Å². The van der Waals surface area contributed by atoms with E-state index in [9.17, 15) is 9.59 Å². The predicted octanol–water partition coefficient (Wildman–Crippen LogP) is 0.881. The molecular weight excluding hydrogens is 208 g/mol. The summed E-state index contributed by atoms with van der Waals surface area (Å²) >= 11 is 0. The van der Waals surface area contributed by atoms with Gasteiger partial charge in [0.05, 0.1) is 12.7 Å². The average molecular weight is 216 g/mol. The summed E-state index contributed by atoms with van der Waals surface area (Å²) in [5.41, 5.74) is 2.01. The van der Waals surface area contributed by atoms with Crippen molar-refractivity contribution in [3.05, 3.63) is 34.9 Å². The molecule has 16 heavy (non-hydrogen) atoms. The Balaban J connectivity index is 2.28. The van der Waals surface area contributed by atoms with E-state index >= 15 is 0 Å². The topological polar surface area (TPSA) is 52.6 Å². The van der Waals surface area contributed by atoms with E-state index in [1.165, 1.54) is 7.11 Å². The fourth-order valence-electron chi connectivity index (χ4n) is 1.39. The standard InChI is InChI=1S/C12H8O4/c1-15-11(13)5-3-8-2-4-10-9(6-8)7-16-12(10)14/h2,4,6H,7H2,1H3. The highest BCUT2D eigenvalue weighted by Gasteiger charge is 2.20. The minimum atomic E-state index is -0.590. The molecule has 0 atom stereocenters. The molecule has 0 saturated carbocycles. The fourth-order valence-corrected chi connectivity index (χ4v) is 1.39. The van der Waals surface area contributed by atoms with Crippen LogP contribution in [-0.2, 0) is 20.9 Å². The number of cyclic esters (lactones) is 1. The number of esters is 2. The quantitative estimate of drug-likeness (QED) is 0.477. The van der Waals surface area contributed by atoms with E-state index < -0.39 is 5.97 Å². The zero-order chi connectivity index (χ0) is 11.5. The number of hydrogen-bond donors (Lipinski definition) is 0. The van der Waals surface area contributed by atoms with Gasteiger partial charge >= 0.3 is 11.9 Å². The lowest BCUT2D eigenvalue weighted by atomic mass is 10.1. The summed E-state index contributed by atoms with van der Waals surface area (Å²) in [5.74, 6) is 4.06. The lowest BCUT2D eigenvalue weighted by Gasteiger charge is -1.94. The predicted molar refractivity (Wildman–Crippen MR) is 54.5 cm³/mol. The molecule has 0 aromatic heterocycles. The Bertz CT molecular complexity index is 520. The maximum atomic E-state index is 11.2. The van der Waals surface area contributed by atoms with Crippen molar-refractivity contribution in [2.24, 2.45) is 0 Å². The van der Waals surface area contributed by atoms with Crippen LogP contribution in [0.5, 0.6) is 0 Å². The largest absolute Gasteiger partial charge is 0.459 e. The van der Waals surface area contributed by atoms with E-state index in [4.69, 9.17) is 4.74 Å². The highest BCUT2D eigenvalue weighted by atomic mass is 16.5. The highest BCUT2D eigenvalue weighted by Crippen LogP contribution is 2.20. The van der Waals surface area contributed by atoms with E-state index in [0.29, 0.717) is 11.1 Å². The van der Waals surface area contributed by atoms with Crippen LogP contribution in [0.2, 0.25) is 0 Å². The van der Waals surface area contributed by atoms with Gasteiger partial charge in [0.1, 0.15) is 6.61 Å². The Kier molecular flexibility index (Phi) is 2.61. The van der Waals surface area contributed by atoms with Crippen molar-refractivity contribution in [2.75, 3.05) is 7.11 Å². The number of carbonyl (C=O) groups is 2. The van der Waals surface area contributed by atoms with Gasteiger partial charge in [-0.25, -0.2) is 9.59 Å². The lowest BCUT2D eigenvalue weighted by Crippen LogP contribution is -1.95. The first-order valence-corrected chi connectivity index (χ1v) is 4.61. The highest BCUT2D eigenvalue weighted by molar-refractivity contribution is 5.93. The third-order valence-electron chi connectivity index (χ3n) is 2.18. The van der Waals surface area contributed by atoms with Crippen LogP contribution >= 0.6 is 0 Å². The molecule has 0 unspecified atom stereocenters. The van der Waals surface area contributed by atoms with Crippen LogP contribution < -0.4 is 0 Å². The zero-order valence-electron chi connectivity index (χ0n) is 8.57. The minimum absolute atomic E-state index is 0.266. The molecule has 0 N–H and O–H groups in total. The smallest absolute Gasteiger partial charge is 0.384 e. The molecule has 0 amide bonds. The van der Waals surface area contributed by atoms with Crippen molar-refractivity contribution in [3.8, 4) is 11.8 Å². The summed E-state index contributed by atoms with van der Waals surface area (Å²) in [6, 6.07) is 5.05. The molecule has 2 rings (SSSR count). The van der Waals surface area contributed by atoms with E-state index in [1.54, 1.807) is 18.2 Å². The Hall–Kier alpha value is -2.28. The first-order chi connectivity index (χ1) is 7.70. The van der Waals surface area contributed by atoms with Gasteiger partial charge in [-0.2, -0.15) is 0 Å². The van der Waals surface area contributed by atoms with Gasteiger partial charge in [0.2, 0.25) is 0 Å². The van der Waals surface area contributed by atoms with Gasteiger partial charge in [-0.05, 0) is 18.2 Å². The molecule has 4 heteroatoms. The Morgan fingerprint density at radius 2 is 2.31 bits per heavy atom. The number of hydrogen-bond acceptors (Lipinski definition) is 4. The van der Waals surface area contributed by atoms with Crippen molar-refractivity contribution in [1.29, 1.82) is 0 Å². The Labute approximate surface area is 92.2 Å². The molecule has 0 radical (unpaired) electrons. The molecular formula is C12H8O4. The maximum absolute atomic E-state index is 11.2. The third-order valence-corrected chi connectivity index (χ3v) is 2.18. The lowest BCUT2D eigenvalue weighted by molar-refractivity contribution is -0.133. The minimum Gasteiger partial charge on any atom is -0.459 e. The SMILES string of the molecule is COC(=O)C#Cc1ccc2c(c1)COC2=O. The van der Waals surface area contributed by atoms with Gasteiger partial charge in [-0.1, -0.05) is 5.92 Å². The number of fused-ring (bicyclic) bond motifs is 1. The van der Waals surface area contributed by atoms with E-state index in [2.05, 4.69) is 16.6 Å². The number of methoxy groups -OCH3 is 1. The molecule has 4 nitrogen and oxygen atoms in total. The van der Waals surface area contributed by atoms with E-state index in [-0.39, 0.29) is 12.6 Å². The van der Waals surface area contributed by atoms with Crippen LogP contribution in [-0.4, -0.2) is 19.0 Å². The Morgan fingerprint density at radius 3 is 3.06 bits per heavy atom. The first-order valence-electron chi connectivity index (χ1n) is 4.61. The van der Waals surface area contributed by atoms with Gasteiger partial charge in [0.15, 0.2) is 0 Å². The summed E-state index contributed by atoms with van der Waals surface area (Å²) in [4.78, 5) is 22.0. The first kappa shape index (κ1) is 10.2. The van der Waals surface area contributed by atoms with Gasteiger partial charge in [-0.15, -0.1) is 0 Å². The van der Waals surface area contributed by atoms with Crippen molar-refractivity contribution < 1.29 is 19.1 Å². The number of ether oxygens (including phenoxy) is 2. The molecule has 0 bridgehead atoms. The molecule has 1 aliphatic rings. The molecule has 0 fully saturated rings. The zero-order valence-corrected chi connectivity index (χ0v) is 8.57. The van der Waals surface area contributed by atoms with Gasteiger partial charge in [0.25, 0.3) is 0 Å². The van der Waals surface area contributed by atoms with E-state index in [0.717, 1.165) is 5.56 Å². The van der Waals surface area contributed by atoms with Crippen molar-refractivity contribution in [3.63, 3.8) is 0 Å². The third kappa shape index (κ3) is 1.89. The van der Waals surface area contributed by atoms with Crippen LogP contribution in [0.15, 0.2) is 18.2 Å². The van der Waals surface area contributed by atoms with Crippen LogP contribution in [0.25, 0.3) is 0 Å². The summed E-state index contributed by atoms with van der Waals surface area (Å²) in [5, 5.41) is 0. The molecule has 1 aromatic rings. The number of benzene rings is 1. The summed E-state index contributed by atoms with van der Waals surface area (Å²) in [7, 11) is 1.27. The molecule has 80 valence electrons. The normalized spacial score (nSPS) is 12.2. The summed E-state index contributed by atoms with van der Waals surface area (Å²) in [6.45, 7) is 0.266. The van der Waals surface area contributed by atoms with Crippen LogP contribution in [0.3, 0.4) is 0 Å². The van der Waals surface area contributed by atoms with Crippen molar-refractivity contribution >= 4 is 11.9 Å². The molecule has 1 aliphatic heterocycles. The number of rotatable bonds is 0. The van der Waals surface area contributed by atoms with Crippen LogP contribution in [0.4, 0.5) is 0 Å². The van der Waals surface area contributed by atoms with Crippen molar-refractivity contribution in [1.82, 2.24) is 0 Å². The second-order valence-electron chi connectivity index (χ2n) is 3.19. The molecule has 1 heterocycles. The number of carbonyl (C=O) groups excluding carboxylic acids is 2. The van der Waals surface area contributed by atoms with Crippen LogP contribution in [0.1, 0.15) is 21.5 Å². The average Bonchev–Trinajstić information content (AvgIpc) is 2.67. The van der Waals surface area contributed by atoms with Crippen molar-refractivity contribution in [2.45, 2.75) is 6.61 Å². The molecule has 0 aliphatic carbocycles. The van der Waals surface area contributed by atoms with E-state index in [1.807, 2.05) is 0 Å². The fraction of sp³-hybridized carbons (Fsp3) is 0.167. The summed E-state index contributed by atoms with van der Waals surface area (Å²) in [6.07, 6.45) is 0. The van der Waals surface area contributed by atoms with Gasteiger partial charge in [-0.3, -0.25) is 0 Å². The molecule has 1 aromatic carbocycles. The molecule has 0 saturated heterocycles.